The summed E-state index contributed by atoms with van der Waals surface area (Å²) in [5.74, 6) is 0. The molecule has 22 heavy (non-hydrogen) atoms. The first-order valence-electron chi connectivity index (χ1n) is 7.11. The van der Waals surface area contributed by atoms with Gasteiger partial charge in [0.25, 0.3) is 0 Å². The molecule has 3 rings (SSSR count). The molecule has 108 valence electrons. The van der Waals surface area contributed by atoms with Crippen LogP contribution in [0, 0.1) is 0 Å². The van der Waals surface area contributed by atoms with Crippen LogP contribution in [0.25, 0.3) is 6.08 Å². The molecule has 0 saturated heterocycles. The second-order valence-electron chi connectivity index (χ2n) is 5.07. The summed E-state index contributed by atoms with van der Waals surface area (Å²) in [4.78, 5) is 11.4. The molecule has 1 unspecified atom stereocenters. The number of hydrazone groups is 1. The molecule has 3 heteroatoms. The Kier molecular flexibility index (Phi) is 3.97. The number of nitrogens with one attached hydrogen (secondary N) is 1. The van der Waals surface area contributed by atoms with Gasteiger partial charge in [0.1, 0.15) is 11.8 Å². The Bertz CT molecular complexity index is 747. The van der Waals surface area contributed by atoms with Gasteiger partial charge in [0.2, 0.25) is 0 Å². The van der Waals surface area contributed by atoms with Crippen molar-refractivity contribution in [1.29, 1.82) is 0 Å². The predicted octanol–water partition coefficient (Wildman–Crippen LogP) is 3.55. The highest BCUT2D eigenvalue weighted by Gasteiger charge is 2.29. The average Bonchev–Trinajstić information content (AvgIpc) is 2.62. The van der Waals surface area contributed by atoms with Crippen molar-refractivity contribution in [2.45, 2.75) is 5.54 Å². The monoisotopic (exact) mass is 288 g/mol. The van der Waals surface area contributed by atoms with Crippen molar-refractivity contribution < 1.29 is 4.79 Å². The zero-order valence-electron chi connectivity index (χ0n) is 12.0. The number of aldehydes is 1. The van der Waals surface area contributed by atoms with Gasteiger partial charge in [0, 0.05) is 11.8 Å². The summed E-state index contributed by atoms with van der Waals surface area (Å²) < 4.78 is 0. The lowest BCUT2D eigenvalue weighted by Gasteiger charge is -2.30. The van der Waals surface area contributed by atoms with Crippen molar-refractivity contribution in [1.82, 2.24) is 5.43 Å². The lowest BCUT2D eigenvalue weighted by Crippen LogP contribution is -2.38. The highest BCUT2D eigenvalue weighted by Crippen LogP contribution is 2.29. The molecular weight excluding hydrogens is 272 g/mol. The van der Waals surface area contributed by atoms with E-state index in [0.29, 0.717) is 5.56 Å². The number of rotatable bonds is 4. The lowest BCUT2D eigenvalue weighted by atomic mass is 9.85. The summed E-state index contributed by atoms with van der Waals surface area (Å²) in [6.07, 6.45) is 10.5. The first-order valence-corrected chi connectivity index (χ1v) is 7.11. The Morgan fingerprint density at radius 1 is 1.00 bits per heavy atom. The summed E-state index contributed by atoms with van der Waals surface area (Å²) in [5, 5.41) is 4.17. The van der Waals surface area contributed by atoms with E-state index >= 15 is 0 Å². The Morgan fingerprint density at radius 2 is 1.77 bits per heavy atom. The fourth-order valence-corrected chi connectivity index (χ4v) is 2.52. The van der Waals surface area contributed by atoms with Crippen molar-refractivity contribution in [2.24, 2.45) is 5.10 Å². The number of hydrogen-bond donors (Lipinski definition) is 1. The molecule has 1 heterocycles. The maximum Gasteiger partial charge on any atom is 0.150 e. The molecule has 2 aromatic rings. The van der Waals surface area contributed by atoms with E-state index in [9.17, 15) is 4.79 Å². The smallest absolute Gasteiger partial charge is 0.150 e. The molecule has 0 amide bonds. The fourth-order valence-electron chi connectivity index (χ4n) is 2.52. The molecule has 0 aromatic heterocycles. The summed E-state index contributed by atoms with van der Waals surface area (Å²) in [5.41, 5.74) is 5.13. The van der Waals surface area contributed by atoms with E-state index in [0.717, 1.165) is 17.4 Å². The molecular formula is C19H16N2O. The lowest BCUT2D eigenvalue weighted by molar-refractivity contribution is 0.112. The van der Waals surface area contributed by atoms with Gasteiger partial charge < -0.3 is 0 Å². The number of carbonyl (C=O) groups is 1. The van der Waals surface area contributed by atoms with Crippen LogP contribution in [0.2, 0.25) is 0 Å². The van der Waals surface area contributed by atoms with Gasteiger partial charge in [-0.1, -0.05) is 60.7 Å². The van der Waals surface area contributed by atoms with Crippen LogP contribution >= 0.6 is 0 Å². The third kappa shape index (κ3) is 2.74. The Labute approximate surface area is 129 Å². The summed E-state index contributed by atoms with van der Waals surface area (Å²) in [7, 11) is 0. The normalized spacial score (nSPS) is 20.0. The molecule has 3 nitrogen and oxygen atoms in total. The molecule has 0 radical (unpaired) electrons. The van der Waals surface area contributed by atoms with Crippen LogP contribution in [0.4, 0.5) is 0 Å². The average molecular weight is 288 g/mol. The molecule has 1 atom stereocenters. The molecule has 1 aliphatic heterocycles. The van der Waals surface area contributed by atoms with Gasteiger partial charge in [-0.15, -0.1) is 0 Å². The van der Waals surface area contributed by atoms with E-state index in [-0.39, 0.29) is 0 Å². The SMILES string of the molecule is O=Cc1ccccc1C1(C=Cc2ccccc2)C=CC=NN1. The summed E-state index contributed by atoms with van der Waals surface area (Å²) in [6, 6.07) is 17.6. The molecule has 1 aliphatic rings. The second-order valence-corrected chi connectivity index (χ2v) is 5.07. The number of nitrogens with zero attached hydrogens (tertiary/aromatic N) is 1. The van der Waals surface area contributed by atoms with Crippen LogP contribution in [-0.2, 0) is 5.54 Å². The van der Waals surface area contributed by atoms with Gasteiger partial charge in [-0.2, -0.15) is 5.10 Å². The predicted molar refractivity (Wildman–Crippen MR) is 89.8 cm³/mol. The van der Waals surface area contributed by atoms with Gasteiger partial charge in [0.15, 0.2) is 0 Å². The van der Waals surface area contributed by atoms with E-state index in [1.807, 2.05) is 78.9 Å². The highest BCUT2D eigenvalue weighted by molar-refractivity contribution is 5.80. The standard InChI is InChI=1S/C19H16N2O/c22-15-17-9-4-5-10-18(17)19(12-6-14-20-21-19)13-11-16-7-2-1-3-8-16/h1-15,21H. The minimum Gasteiger partial charge on any atom is -0.298 e. The topological polar surface area (TPSA) is 41.5 Å². The van der Waals surface area contributed by atoms with Crippen LogP contribution in [0.15, 0.2) is 77.9 Å². The summed E-state index contributed by atoms with van der Waals surface area (Å²) >= 11 is 0. The number of hydrogen-bond acceptors (Lipinski definition) is 3. The molecule has 0 fully saturated rings. The maximum absolute atomic E-state index is 11.4. The molecule has 2 aromatic carbocycles. The zero-order valence-corrected chi connectivity index (χ0v) is 12.0. The largest absolute Gasteiger partial charge is 0.298 e. The van der Waals surface area contributed by atoms with Crippen molar-refractivity contribution in [3.63, 3.8) is 0 Å². The van der Waals surface area contributed by atoms with Crippen molar-refractivity contribution >= 4 is 18.6 Å². The molecule has 0 bridgehead atoms. The van der Waals surface area contributed by atoms with E-state index < -0.39 is 5.54 Å². The van der Waals surface area contributed by atoms with Crippen LogP contribution in [-0.4, -0.2) is 12.5 Å². The number of carbonyl (C=O) groups excluding carboxylic acids is 1. The Hall–Kier alpha value is -2.94. The molecule has 0 spiro atoms. The van der Waals surface area contributed by atoms with Gasteiger partial charge in [-0.3, -0.25) is 10.2 Å². The van der Waals surface area contributed by atoms with Gasteiger partial charge in [-0.25, -0.2) is 0 Å². The summed E-state index contributed by atoms with van der Waals surface area (Å²) in [6.45, 7) is 0. The van der Waals surface area contributed by atoms with Gasteiger partial charge >= 0.3 is 0 Å². The first-order chi connectivity index (χ1) is 10.8. The molecule has 0 aliphatic carbocycles. The third-order valence-corrected chi connectivity index (χ3v) is 3.64. The van der Waals surface area contributed by atoms with E-state index in [2.05, 4.69) is 10.5 Å². The van der Waals surface area contributed by atoms with E-state index in [1.165, 1.54) is 0 Å². The Balaban J connectivity index is 2.06. The zero-order chi connectivity index (χ0) is 15.3. The van der Waals surface area contributed by atoms with Crippen molar-refractivity contribution in [3.8, 4) is 0 Å². The van der Waals surface area contributed by atoms with Crippen LogP contribution in [0.3, 0.4) is 0 Å². The first kappa shape index (κ1) is 14.0. The minimum atomic E-state index is -0.623. The molecule has 1 N–H and O–H groups in total. The van der Waals surface area contributed by atoms with Crippen LogP contribution in [0.1, 0.15) is 21.5 Å². The van der Waals surface area contributed by atoms with Crippen LogP contribution in [0.5, 0.6) is 0 Å². The number of allylic oxidation sites excluding steroid dienone is 1. The number of benzene rings is 2. The maximum atomic E-state index is 11.4. The quantitative estimate of drug-likeness (QED) is 0.874. The molecule has 0 saturated carbocycles. The minimum absolute atomic E-state index is 0.623. The van der Waals surface area contributed by atoms with Crippen molar-refractivity contribution in [2.75, 3.05) is 0 Å². The van der Waals surface area contributed by atoms with E-state index in [4.69, 9.17) is 0 Å². The fraction of sp³-hybridized carbons (Fsp3) is 0.0526. The van der Waals surface area contributed by atoms with Crippen molar-refractivity contribution in [3.05, 3.63) is 89.5 Å². The van der Waals surface area contributed by atoms with Gasteiger partial charge in [-0.05, 0) is 29.4 Å². The second kappa shape index (κ2) is 6.22. The highest BCUT2D eigenvalue weighted by atomic mass is 16.1. The van der Waals surface area contributed by atoms with Crippen LogP contribution < -0.4 is 5.43 Å². The van der Waals surface area contributed by atoms with E-state index in [1.54, 1.807) is 6.21 Å². The third-order valence-electron chi connectivity index (χ3n) is 3.64. The van der Waals surface area contributed by atoms with Gasteiger partial charge in [0.05, 0.1) is 0 Å². The Morgan fingerprint density at radius 3 is 2.50 bits per heavy atom.